The molecule has 0 unspecified atom stereocenters. The van der Waals surface area contributed by atoms with Gasteiger partial charge < -0.3 is 5.73 Å². The first kappa shape index (κ1) is 12.9. The van der Waals surface area contributed by atoms with Gasteiger partial charge in [0.1, 0.15) is 0 Å². The molecule has 1 aliphatic rings. The average Bonchev–Trinajstić information content (AvgIpc) is 2.77. The summed E-state index contributed by atoms with van der Waals surface area (Å²) in [6.07, 6.45) is 3.53. The van der Waals surface area contributed by atoms with E-state index in [-0.39, 0.29) is 0 Å². The van der Waals surface area contributed by atoms with Crippen molar-refractivity contribution in [3.05, 3.63) is 46.4 Å². The summed E-state index contributed by atoms with van der Waals surface area (Å²) < 4.78 is 1.36. The first-order valence-electron chi connectivity index (χ1n) is 6.85. The third-order valence-corrected chi connectivity index (χ3v) is 5.00. The summed E-state index contributed by atoms with van der Waals surface area (Å²) in [6.45, 7) is 6.15. The van der Waals surface area contributed by atoms with Crippen molar-refractivity contribution in [2.45, 2.75) is 26.4 Å². The van der Waals surface area contributed by atoms with Gasteiger partial charge in [0.2, 0.25) is 0 Å². The average molecular weight is 272 g/mol. The summed E-state index contributed by atoms with van der Waals surface area (Å²) in [7, 11) is 0. The molecular weight excluding hydrogens is 252 g/mol. The Morgan fingerprint density at radius 1 is 1.32 bits per heavy atom. The van der Waals surface area contributed by atoms with Crippen molar-refractivity contribution in [2.24, 2.45) is 5.73 Å². The van der Waals surface area contributed by atoms with Crippen molar-refractivity contribution >= 4 is 21.4 Å². The summed E-state index contributed by atoms with van der Waals surface area (Å²) >= 11 is 1.85. The summed E-state index contributed by atoms with van der Waals surface area (Å²) in [5.74, 6) is 0. The minimum Gasteiger partial charge on any atom is -0.326 e. The Hall–Kier alpha value is -1.16. The molecule has 0 spiro atoms. The molecular formula is C16H20N2S. The van der Waals surface area contributed by atoms with Crippen LogP contribution in [0.5, 0.6) is 0 Å². The third kappa shape index (κ3) is 2.59. The highest BCUT2D eigenvalue weighted by Gasteiger charge is 2.16. The summed E-state index contributed by atoms with van der Waals surface area (Å²) in [6, 6.07) is 8.66. The Morgan fingerprint density at radius 2 is 2.16 bits per heavy atom. The van der Waals surface area contributed by atoms with Crippen LogP contribution in [-0.4, -0.2) is 18.0 Å². The second kappa shape index (κ2) is 5.45. The number of thiophene rings is 1. The molecule has 19 heavy (non-hydrogen) atoms. The first-order valence-corrected chi connectivity index (χ1v) is 7.67. The summed E-state index contributed by atoms with van der Waals surface area (Å²) in [4.78, 5) is 3.87. The Bertz CT molecular complexity index is 612. The normalized spacial score (nSPS) is 16.8. The van der Waals surface area contributed by atoms with Gasteiger partial charge in [0.15, 0.2) is 0 Å². The molecule has 1 aromatic carbocycles. The minimum absolute atomic E-state index is 0.650. The zero-order valence-electron chi connectivity index (χ0n) is 11.4. The van der Waals surface area contributed by atoms with Crippen LogP contribution in [0, 0.1) is 0 Å². The number of fused-ring (bicyclic) bond motifs is 1. The van der Waals surface area contributed by atoms with Gasteiger partial charge >= 0.3 is 0 Å². The monoisotopic (exact) mass is 272 g/mol. The van der Waals surface area contributed by atoms with Crippen LogP contribution in [-0.2, 0) is 13.1 Å². The van der Waals surface area contributed by atoms with E-state index in [1.165, 1.54) is 32.5 Å². The van der Waals surface area contributed by atoms with E-state index in [4.69, 9.17) is 5.73 Å². The third-order valence-electron chi connectivity index (χ3n) is 3.76. The standard InChI is InChI=1S/C16H20N2S/c1-12-5-4-8-18(10-12)11-14-13-6-2-3-7-15(13)19-16(14)9-17/h2-3,5-7H,4,8-11,17H2,1H3. The molecule has 0 bridgehead atoms. The largest absolute Gasteiger partial charge is 0.326 e. The van der Waals surface area contributed by atoms with Crippen LogP contribution >= 0.6 is 11.3 Å². The maximum Gasteiger partial charge on any atom is 0.0349 e. The van der Waals surface area contributed by atoms with Crippen LogP contribution in [0.2, 0.25) is 0 Å². The summed E-state index contributed by atoms with van der Waals surface area (Å²) in [5.41, 5.74) is 8.86. The van der Waals surface area contributed by atoms with Crippen molar-refractivity contribution in [1.29, 1.82) is 0 Å². The van der Waals surface area contributed by atoms with Gasteiger partial charge in [-0.1, -0.05) is 29.8 Å². The number of nitrogens with zero attached hydrogens (tertiary/aromatic N) is 1. The minimum atomic E-state index is 0.650. The van der Waals surface area contributed by atoms with Gasteiger partial charge in [-0.05, 0) is 30.4 Å². The second-order valence-corrected chi connectivity index (χ2v) is 6.39. The topological polar surface area (TPSA) is 29.3 Å². The SMILES string of the molecule is CC1=CCCN(Cc2c(CN)sc3ccccc23)C1. The molecule has 0 saturated carbocycles. The van der Waals surface area contributed by atoms with Crippen molar-refractivity contribution in [2.75, 3.05) is 13.1 Å². The number of benzene rings is 1. The molecule has 3 rings (SSSR count). The van der Waals surface area contributed by atoms with E-state index < -0.39 is 0 Å². The lowest BCUT2D eigenvalue weighted by Crippen LogP contribution is -2.29. The molecule has 0 radical (unpaired) electrons. The number of nitrogens with two attached hydrogens (primary N) is 1. The van der Waals surface area contributed by atoms with E-state index in [0.29, 0.717) is 6.54 Å². The molecule has 2 heterocycles. The first-order chi connectivity index (χ1) is 9.28. The lowest BCUT2D eigenvalue weighted by atomic mass is 10.1. The highest BCUT2D eigenvalue weighted by atomic mass is 32.1. The van der Waals surface area contributed by atoms with Gasteiger partial charge in [0, 0.05) is 35.8 Å². The molecule has 3 heteroatoms. The molecule has 1 aliphatic heterocycles. The zero-order chi connectivity index (χ0) is 13.2. The molecule has 2 aromatic rings. The number of hydrogen-bond acceptors (Lipinski definition) is 3. The summed E-state index contributed by atoms with van der Waals surface area (Å²) in [5, 5.41) is 1.39. The van der Waals surface area contributed by atoms with Crippen molar-refractivity contribution in [1.82, 2.24) is 4.90 Å². The fourth-order valence-electron chi connectivity index (χ4n) is 2.84. The van der Waals surface area contributed by atoms with Gasteiger partial charge in [-0.25, -0.2) is 0 Å². The Labute approximate surface area is 118 Å². The van der Waals surface area contributed by atoms with Gasteiger partial charge in [-0.3, -0.25) is 4.90 Å². The molecule has 0 aliphatic carbocycles. The molecule has 0 amide bonds. The van der Waals surface area contributed by atoms with Crippen molar-refractivity contribution in [3.8, 4) is 0 Å². The van der Waals surface area contributed by atoms with Crippen LogP contribution < -0.4 is 5.73 Å². The highest BCUT2D eigenvalue weighted by Crippen LogP contribution is 2.32. The molecule has 0 fully saturated rings. The predicted octanol–water partition coefficient (Wildman–Crippen LogP) is 3.51. The van der Waals surface area contributed by atoms with Gasteiger partial charge in [0.05, 0.1) is 0 Å². The quantitative estimate of drug-likeness (QED) is 0.866. The van der Waals surface area contributed by atoms with Gasteiger partial charge in [-0.2, -0.15) is 0 Å². The molecule has 1 aromatic heterocycles. The maximum absolute atomic E-state index is 5.93. The van der Waals surface area contributed by atoms with E-state index >= 15 is 0 Å². The van der Waals surface area contributed by atoms with Crippen LogP contribution in [0.3, 0.4) is 0 Å². The molecule has 2 nitrogen and oxygen atoms in total. The number of rotatable bonds is 3. The Balaban J connectivity index is 1.93. The Kier molecular flexibility index (Phi) is 3.69. The van der Waals surface area contributed by atoms with Gasteiger partial charge in [0.25, 0.3) is 0 Å². The number of hydrogen-bond donors (Lipinski definition) is 1. The maximum atomic E-state index is 5.93. The molecule has 2 N–H and O–H groups in total. The highest BCUT2D eigenvalue weighted by molar-refractivity contribution is 7.19. The lowest BCUT2D eigenvalue weighted by Gasteiger charge is -2.26. The van der Waals surface area contributed by atoms with E-state index in [1.807, 2.05) is 11.3 Å². The predicted molar refractivity (Wildman–Crippen MR) is 83.4 cm³/mol. The van der Waals surface area contributed by atoms with Gasteiger partial charge in [-0.15, -0.1) is 11.3 Å². The van der Waals surface area contributed by atoms with E-state index in [9.17, 15) is 0 Å². The van der Waals surface area contributed by atoms with E-state index in [0.717, 1.165) is 19.6 Å². The van der Waals surface area contributed by atoms with Crippen LogP contribution in [0.4, 0.5) is 0 Å². The molecule has 0 saturated heterocycles. The van der Waals surface area contributed by atoms with Crippen LogP contribution in [0.25, 0.3) is 10.1 Å². The van der Waals surface area contributed by atoms with E-state index in [2.05, 4.69) is 42.2 Å². The van der Waals surface area contributed by atoms with Crippen molar-refractivity contribution in [3.63, 3.8) is 0 Å². The fraction of sp³-hybridized carbons (Fsp3) is 0.375. The fourth-order valence-corrected chi connectivity index (χ4v) is 3.93. The molecule has 0 atom stereocenters. The Morgan fingerprint density at radius 3 is 2.95 bits per heavy atom. The lowest BCUT2D eigenvalue weighted by molar-refractivity contribution is 0.283. The van der Waals surface area contributed by atoms with Crippen LogP contribution in [0.1, 0.15) is 23.8 Å². The van der Waals surface area contributed by atoms with Crippen LogP contribution in [0.15, 0.2) is 35.9 Å². The van der Waals surface area contributed by atoms with Crippen molar-refractivity contribution < 1.29 is 0 Å². The zero-order valence-corrected chi connectivity index (χ0v) is 12.2. The smallest absolute Gasteiger partial charge is 0.0349 e. The molecule has 100 valence electrons. The second-order valence-electron chi connectivity index (χ2n) is 5.25. The van der Waals surface area contributed by atoms with E-state index in [1.54, 1.807) is 0 Å².